The molecule has 0 spiro atoms. The van der Waals surface area contributed by atoms with Crippen LogP contribution in [0.4, 0.5) is 0 Å². The summed E-state index contributed by atoms with van der Waals surface area (Å²) >= 11 is 0. The van der Waals surface area contributed by atoms with Crippen molar-refractivity contribution in [3.05, 3.63) is 229 Å². The molecule has 0 radical (unpaired) electrons. The lowest BCUT2D eigenvalue weighted by atomic mass is 9.79. The van der Waals surface area contributed by atoms with Crippen molar-refractivity contribution in [3.8, 4) is 33.6 Å². The highest BCUT2D eigenvalue weighted by molar-refractivity contribution is 6.45. The first kappa shape index (κ1) is 51.1. The van der Waals surface area contributed by atoms with Crippen LogP contribution in [-0.4, -0.2) is 17.9 Å². The molecular formula is C82H70N4. The van der Waals surface area contributed by atoms with Crippen LogP contribution in [0.15, 0.2) is 206 Å². The van der Waals surface area contributed by atoms with Gasteiger partial charge in [0.25, 0.3) is 0 Å². The highest BCUT2D eigenvalue weighted by Gasteiger charge is 2.31. The minimum absolute atomic E-state index is 0.0230. The third kappa shape index (κ3) is 7.10. The van der Waals surface area contributed by atoms with E-state index in [4.69, 9.17) is 0 Å². The molecule has 0 saturated carbocycles. The van der Waals surface area contributed by atoms with Crippen molar-refractivity contribution in [1.82, 2.24) is 17.9 Å². The van der Waals surface area contributed by atoms with Crippen molar-refractivity contribution in [2.24, 2.45) is 0 Å². The largest absolute Gasteiger partial charge is 0.309 e. The van der Waals surface area contributed by atoms with Gasteiger partial charge in [0.2, 0.25) is 0 Å². The smallest absolute Gasteiger partial charge is 0.0634 e. The molecule has 0 N–H and O–H groups in total. The lowest BCUT2D eigenvalue weighted by molar-refractivity contribution is 0.568. The number of para-hydroxylation sites is 4. The first-order valence-corrected chi connectivity index (χ1v) is 30.9. The molecule has 0 fully saturated rings. The number of fused-ring (bicyclic) bond motifs is 20. The maximum absolute atomic E-state index is 2.65. The number of rotatable bonds is 4. The molecule has 0 aliphatic heterocycles. The van der Waals surface area contributed by atoms with Gasteiger partial charge in [-0.2, -0.15) is 0 Å². The molecular weight excluding hydrogens is 1040 g/mol. The molecule has 6 heterocycles. The van der Waals surface area contributed by atoms with Crippen LogP contribution in [-0.2, 0) is 21.7 Å². The number of aromatic nitrogens is 4. The number of hydrogen-bond acceptors (Lipinski definition) is 0. The zero-order chi connectivity index (χ0) is 58.8. The summed E-state index contributed by atoms with van der Waals surface area (Å²) in [4.78, 5) is 0. The first-order chi connectivity index (χ1) is 41.2. The fraction of sp³-hybridized carbons (Fsp3) is 0.195. The van der Waals surface area contributed by atoms with Crippen molar-refractivity contribution < 1.29 is 0 Å². The van der Waals surface area contributed by atoms with E-state index < -0.39 is 0 Å². The van der Waals surface area contributed by atoms with E-state index in [0.717, 1.165) is 11.4 Å². The van der Waals surface area contributed by atoms with Gasteiger partial charge in [-0.1, -0.05) is 217 Å². The quantitative estimate of drug-likeness (QED) is 0.167. The summed E-state index contributed by atoms with van der Waals surface area (Å²) in [6.45, 7) is 28.1. The van der Waals surface area contributed by atoms with E-state index in [2.05, 4.69) is 307 Å². The molecule has 0 aliphatic carbocycles. The van der Waals surface area contributed by atoms with Gasteiger partial charge >= 0.3 is 0 Å². The lowest BCUT2D eigenvalue weighted by Crippen LogP contribution is -2.16. The average molecular weight is 1110 g/mol. The predicted octanol–water partition coefficient (Wildman–Crippen LogP) is 22.7. The number of benzene rings is 11. The Kier molecular flexibility index (Phi) is 10.2. The van der Waals surface area contributed by atoms with Gasteiger partial charge in [0, 0.05) is 76.0 Å². The Labute approximate surface area is 501 Å². The fourth-order valence-corrected chi connectivity index (χ4v) is 15.0. The second-order valence-electron chi connectivity index (χ2n) is 29.1. The second kappa shape index (κ2) is 17.2. The minimum Gasteiger partial charge on any atom is -0.309 e. The van der Waals surface area contributed by atoms with E-state index in [1.165, 1.54) is 164 Å². The third-order valence-electron chi connectivity index (χ3n) is 19.6. The second-order valence-corrected chi connectivity index (χ2v) is 29.1. The van der Waals surface area contributed by atoms with Crippen LogP contribution in [0.5, 0.6) is 0 Å². The van der Waals surface area contributed by atoms with Gasteiger partial charge in [0.05, 0.1) is 55.2 Å². The highest BCUT2D eigenvalue weighted by Crippen LogP contribution is 2.54. The monoisotopic (exact) mass is 1110 g/mol. The molecule has 0 saturated heterocycles. The van der Waals surface area contributed by atoms with Crippen molar-refractivity contribution in [3.63, 3.8) is 0 Å². The zero-order valence-electron chi connectivity index (χ0n) is 51.4. The summed E-state index contributed by atoms with van der Waals surface area (Å²) in [5.74, 6) is 0. The summed E-state index contributed by atoms with van der Waals surface area (Å²) in [7, 11) is 0. The zero-order valence-corrected chi connectivity index (χ0v) is 51.4. The predicted molar refractivity (Wildman–Crippen MR) is 370 cm³/mol. The molecule has 0 amide bonds. The van der Waals surface area contributed by atoms with E-state index in [9.17, 15) is 0 Å². The SMILES string of the molecule is CC(C)(C)c1cc(-c2ccc3c4c5c6cc(-n7c8ccccc8c8ccccc87)ccc6n6c7cc(-c8cc(C(C)(C)C)cc(C(C)(C)C)c8)ccc7c(c7c8cc(-n9c%10ccccc%10c%10ccccc%109)ccc8n(c3c2)c74)c56)cc(C(C)(C)C)c1. The topological polar surface area (TPSA) is 18.7 Å². The van der Waals surface area contributed by atoms with Crippen LogP contribution < -0.4 is 0 Å². The fourth-order valence-electron chi connectivity index (χ4n) is 15.0. The molecule has 4 heteroatoms. The van der Waals surface area contributed by atoms with Crippen LogP contribution in [0.2, 0.25) is 0 Å². The molecule has 0 aliphatic rings. The summed E-state index contributed by atoms with van der Waals surface area (Å²) < 4.78 is 10.3. The Morgan fingerprint density at radius 2 is 0.523 bits per heavy atom. The van der Waals surface area contributed by atoms with E-state index in [0.29, 0.717) is 0 Å². The van der Waals surface area contributed by atoms with E-state index in [1.54, 1.807) is 0 Å². The van der Waals surface area contributed by atoms with Crippen LogP contribution in [0, 0.1) is 0 Å². The number of nitrogens with zero attached hydrogens (tertiary/aromatic N) is 4. The van der Waals surface area contributed by atoms with Gasteiger partial charge in [0.1, 0.15) is 0 Å². The normalized spacial score (nSPS) is 13.3. The van der Waals surface area contributed by atoms with Crippen LogP contribution in [0.25, 0.3) is 153 Å². The molecule has 6 aromatic heterocycles. The van der Waals surface area contributed by atoms with Gasteiger partial charge in [0.15, 0.2) is 0 Å². The Morgan fingerprint density at radius 3 is 0.837 bits per heavy atom. The van der Waals surface area contributed by atoms with Gasteiger partial charge in [-0.25, -0.2) is 0 Å². The van der Waals surface area contributed by atoms with Gasteiger partial charge in [-0.3, -0.25) is 0 Å². The summed E-state index contributed by atoms with van der Waals surface area (Å²) in [5, 5.41) is 15.3. The standard InChI is InChI=1S/C82H70N4/c1-79(2,3)51-37-49(38-52(43-51)80(4,5)6)47-29-33-61-71(41-47)85-69-35-31-55(83-65-25-17-13-21-57(65)58-22-14-18-26-66(58)83)45-63(69)76-74-62-34-30-48(50-39-53(81(7,8)9)44-54(40-50)82(10,11)12)42-72(62)86-70-36-32-56(46-64(70)75(78(74)86)73(61)77(76)85)84-67-27-19-15-23-59(67)60-24-16-20-28-68(60)84/h13-46H,1-12H3. The Morgan fingerprint density at radius 1 is 0.221 bits per heavy atom. The maximum Gasteiger partial charge on any atom is 0.0634 e. The molecule has 0 bridgehead atoms. The van der Waals surface area contributed by atoms with E-state index in [1.807, 2.05) is 0 Å². The van der Waals surface area contributed by atoms with Crippen molar-refractivity contribution in [1.29, 1.82) is 0 Å². The van der Waals surface area contributed by atoms with Gasteiger partial charge < -0.3 is 17.9 Å². The lowest BCUT2D eigenvalue weighted by Gasteiger charge is -2.26. The minimum atomic E-state index is -0.0230. The Hall–Kier alpha value is -9.38. The highest BCUT2D eigenvalue weighted by atomic mass is 15.0. The molecule has 11 aromatic carbocycles. The maximum atomic E-state index is 2.65. The van der Waals surface area contributed by atoms with Crippen LogP contribution in [0.3, 0.4) is 0 Å². The van der Waals surface area contributed by atoms with Crippen LogP contribution >= 0.6 is 0 Å². The molecule has 4 nitrogen and oxygen atoms in total. The van der Waals surface area contributed by atoms with E-state index in [-0.39, 0.29) is 21.7 Å². The third-order valence-corrected chi connectivity index (χ3v) is 19.6. The summed E-state index contributed by atoms with van der Waals surface area (Å²) in [6, 6.07) is 79.7. The van der Waals surface area contributed by atoms with Crippen molar-refractivity contribution in [2.75, 3.05) is 0 Å². The Bertz CT molecular complexity index is 5210. The van der Waals surface area contributed by atoms with Gasteiger partial charge in [-0.15, -0.1) is 0 Å². The molecule has 0 unspecified atom stereocenters. The number of hydrogen-bond donors (Lipinski definition) is 0. The van der Waals surface area contributed by atoms with Gasteiger partial charge in [-0.05, 0) is 139 Å². The molecule has 17 rings (SSSR count). The Balaban J connectivity index is 1.06. The molecule has 86 heavy (non-hydrogen) atoms. The van der Waals surface area contributed by atoms with E-state index >= 15 is 0 Å². The summed E-state index contributed by atoms with van der Waals surface area (Å²) in [5.41, 5.74) is 24.9. The molecule has 17 aromatic rings. The molecule has 0 atom stereocenters. The molecule has 418 valence electrons. The van der Waals surface area contributed by atoms with Crippen LogP contribution in [0.1, 0.15) is 105 Å². The van der Waals surface area contributed by atoms with Crippen molar-refractivity contribution >= 4 is 120 Å². The first-order valence-electron chi connectivity index (χ1n) is 30.9. The average Bonchev–Trinajstić information content (AvgIpc) is 1.49. The summed E-state index contributed by atoms with van der Waals surface area (Å²) in [6.07, 6.45) is 0. The van der Waals surface area contributed by atoms with Crippen molar-refractivity contribution in [2.45, 2.75) is 105 Å².